The van der Waals surface area contributed by atoms with Gasteiger partial charge in [-0.05, 0) is 62.0 Å². The van der Waals surface area contributed by atoms with E-state index in [1.165, 1.54) is 42.0 Å². The monoisotopic (exact) mass is 374 g/mol. The summed E-state index contributed by atoms with van der Waals surface area (Å²) in [6.45, 7) is -0.00478. The van der Waals surface area contributed by atoms with Gasteiger partial charge in [0.05, 0.1) is 6.10 Å². The molecule has 1 heterocycles. The van der Waals surface area contributed by atoms with Crippen LogP contribution in [-0.4, -0.2) is 35.5 Å². The summed E-state index contributed by atoms with van der Waals surface area (Å²) >= 11 is 6.17. The van der Waals surface area contributed by atoms with Crippen molar-refractivity contribution in [2.45, 2.75) is 50.8 Å². The average Bonchev–Trinajstić information content (AvgIpc) is 2.83. The van der Waals surface area contributed by atoms with Crippen LogP contribution in [0.1, 0.15) is 44.3 Å². The molecule has 4 rings (SSSR count). The van der Waals surface area contributed by atoms with Gasteiger partial charge in [0.1, 0.15) is 0 Å². The summed E-state index contributed by atoms with van der Waals surface area (Å²) in [5.41, 5.74) is 1.24. The normalized spacial score (nSPS) is 28.1. The van der Waals surface area contributed by atoms with Crippen molar-refractivity contribution >= 4 is 29.1 Å². The summed E-state index contributed by atoms with van der Waals surface area (Å²) < 4.78 is 11.5. The van der Waals surface area contributed by atoms with Crippen molar-refractivity contribution in [3.05, 3.63) is 48.0 Å². The molecule has 0 radical (unpaired) electrons. The summed E-state index contributed by atoms with van der Waals surface area (Å²) in [5, 5.41) is 2.52. The standard InChI is InChI=1S/C20H27N2OPS/c1-15(17-12-8-10-16-9-4-5-11-18(16)17)23-24(25)21(2)19-13-6-7-14-20(19)22(24)3/h4-5,8-12,15,19-20H,6-7,13-14H2,1-3H3/t15-,19-,20-/m1/s1. The van der Waals surface area contributed by atoms with Crippen LogP contribution in [0.15, 0.2) is 42.5 Å². The molecule has 2 aromatic rings. The van der Waals surface area contributed by atoms with Crippen molar-refractivity contribution in [1.29, 1.82) is 0 Å². The highest BCUT2D eigenvalue weighted by molar-refractivity contribution is 8.10. The van der Waals surface area contributed by atoms with Crippen molar-refractivity contribution in [3.63, 3.8) is 0 Å². The quantitative estimate of drug-likeness (QED) is 0.675. The van der Waals surface area contributed by atoms with E-state index in [4.69, 9.17) is 16.3 Å². The molecule has 0 aromatic heterocycles. The van der Waals surface area contributed by atoms with Gasteiger partial charge < -0.3 is 4.52 Å². The van der Waals surface area contributed by atoms with Crippen molar-refractivity contribution in [2.24, 2.45) is 0 Å². The van der Waals surface area contributed by atoms with Crippen LogP contribution in [0.5, 0.6) is 0 Å². The Bertz CT molecular complexity index is 799. The van der Waals surface area contributed by atoms with Crippen LogP contribution in [0.2, 0.25) is 0 Å². The Kier molecular flexibility index (Phi) is 4.76. The predicted molar refractivity (Wildman–Crippen MR) is 109 cm³/mol. The van der Waals surface area contributed by atoms with Gasteiger partial charge >= 0.3 is 0 Å². The zero-order valence-electron chi connectivity index (χ0n) is 15.3. The van der Waals surface area contributed by atoms with E-state index in [-0.39, 0.29) is 6.10 Å². The van der Waals surface area contributed by atoms with Crippen LogP contribution in [0.3, 0.4) is 0 Å². The molecule has 0 N–H and O–H groups in total. The van der Waals surface area contributed by atoms with Crippen molar-refractivity contribution in [1.82, 2.24) is 9.34 Å². The zero-order chi connectivity index (χ0) is 17.6. The molecule has 0 bridgehead atoms. The Balaban J connectivity index is 1.65. The maximum absolute atomic E-state index is 6.69. The molecule has 5 heteroatoms. The lowest BCUT2D eigenvalue weighted by atomic mass is 9.91. The fourth-order valence-electron chi connectivity index (χ4n) is 4.58. The number of likely N-dealkylation sites (N-methyl/N-ethyl adjacent to an activating group) is 2. The third-order valence-corrected chi connectivity index (χ3v) is 10.6. The molecule has 3 atom stereocenters. The fourth-order valence-corrected chi connectivity index (χ4v) is 8.25. The summed E-state index contributed by atoms with van der Waals surface area (Å²) in [5.74, 6) is 0. The van der Waals surface area contributed by atoms with E-state index in [9.17, 15) is 0 Å². The molecule has 1 aliphatic heterocycles. The van der Waals surface area contributed by atoms with E-state index in [1.807, 2.05) is 0 Å². The number of hydrogen-bond acceptors (Lipinski definition) is 2. The van der Waals surface area contributed by atoms with Crippen molar-refractivity contribution in [2.75, 3.05) is 14.1 Å². The van der Waals surface area contributed by atoms with Crippen LogP contribution in [-0.2, 0) is 16.3 Å². The molecule has 1 aliphatic carbocycles. The van der Waals surface area contributed by atoms with E-state index < -0.39 is 6.57 Å². The lowest BCUT2D eigenvalue weighted by Gasteiger charge is -2.33. The maximum atomic E-state index is 6.69. The lowest BCUT2D eigenvalue weighted by Crippen LogP contribution is -2.37. The van der Waals surface area contributed by atoms with Crippen LogP contribution in [0.25, 0.3) is 10.8 Å². The number of fused-ring (bicyclic) bond motifs is 2. The molecular weight excluding hydrogens is 347 g/mol. The number of hydrogen-bond donors (Lipinski definition) is 0. The zero-order valence-corrected chi connectivity index (χ0v) is 17.0. The van der Waals surface area contributed by atoms with E-state index >= 15 is 0 Å². The minimum absolute atomic E-state index is 0.0120. The van der Waals surface area contributed by atoms with E-state index in [2.05, 4.69) is 72.8 Å². The van der Waals surface area contributed by atoms with Crippen molar-refractivity contribution in [3.8, 4) is 0 Å². The van der Waals surface area contributed by atoms with Gasteiger partial charge in [0.25, 0.3) is 0 Å². The topological polar surface area (TPSA) is 15.7 Å². The highest BCUT2D eigenvalue weighted by Crippen LogP contribution is 2.64. The molecule has 0 amide bonds. The van der Waals surface area contributed by atoms with E-state index in [0.29, 0.717) is 12.1 Å². The highest BCUT2D eigenvalue weighted by Gasteiger charge is 2.50. The second kappa shape index (κ2) is 6.75. The summed E-state index contributed by atoms with van der Waals surface area (Å²) in [6, 6.07) is 16.1. The van der Waals surface area contributed by atoms with Gasteiger partial charge in [0.15, 0.2) is 0 Å². The first-order chi connectivity index (χ1) is 12.0. The predicted octanol–water partition coefficient (Wildman–Crippen LogP) is 5.33. The molecule has 0 spiro atoms. The van der Waals surface area contributed by atoms with Crippen LogP contribution in [0.4, 0.5) is 0 Å². The molecule has 134 valence electrons. The fraction of sp³-hybridized carbons (Fsp3) is 0.500. The van der Waals surface area contributed by atoms with Gasteiger partial charge in [-0.1, -0.05) is 55.3 Å². The molecule has 3 nitrogen and oxygen atoms in total. The van der Waals surface area contributed by atoms with Crippen LogP contribution >= 0.6 is 6.57 Å². The Morgan fingerprint density at radius 2 is 1.60 bits per heavy atom. The molecule has 1 saturated carbocycles. The summed E-state index contributed by atoms with van der Waals surface area (Å²) in [6.07, 6.45) is 5.11. The maximum Gasteiger partial charge on any atom is 0.204 e. The second-order valence-electron chi connectivity index (χ2n) is 7.37. The molecule has 0 unspecified atom stereocenters. The SMILES string of the molecule is C[C@@H](OP1(=S)N(C)[C@@H]2CCCC[C@H]2N1C)c1cccc2ccccc12. The van der Waals surface area contributed by atoms with Gasteiger partial charge in [-0.2, -0.15) is 0 Å². The van der Waals surface area contributed by atoms with Gasteiger partial charge in [-0.3, -0.25) is 0 Å². The second-order valence-corrected chi connectivity index (χ2v) is 11.3. The lowest BCUT2D eigenvalue weighted by molar-refractivity contribution is 0.223. The van der Waals surface area contributed by atoms with Gasteiger partial charge in [0, 0.05) is 12.1 Å². The largest absolute Gasteiger partial charge is 0.319 e. The first-order valence-electron chi connectivity index (χ1n) is 9.25. The number of rotatable bonds is 3. The molecule has 1 saturated heterocycles. The van der Waals surface area contributed by atoms with E-state index in [0.717, 1.165) is 0 Å². The first kappa shape index (κ1) is 17.6. The first-order valence-corrected chi connectivity index (χ1v) is 11.9. The van der Waals surface area contributed by atoms with Gasteiger partial charge in [0.2, 0.25) is 6.57 Å². The summed E-state index contributed by atoms with van der Waals surface area (Å²) in [7, 11) is 4.37. The molecule has 2 aliphatic rings. The Labute approximate surface area is 156 Å². The number of benzene rings is 2. The highest BCUT2D eigenvalue weighted by atomic mass is 32.5. The van der Waals surface area contributed by atoms with Crippen LogP contribution < -0.4 is 0 Å². The minimum atomic E-state index is -2.16. The molecular formula is C20H27N2OPS. The molecule has 25 heavy (non-hydrogen) atoms. The summed E-state index contributed by atoms with van der Waals surface area (Å²) in [4.78, 5) is 0. The smallest absolute Gasteiger partial charge is 0.204 e. The third kappa shape index (κ3) is 2.89. The molecule has 2 aromatic carbocycles. The van der Waals surface area contributed by atoms with E-state index in [1.54, 1.807) is 0 Å². The third-order valence-electron chi connectivity index (χ3n) is 6.01. The van der Waals surface area contributed by atoms with Crippen molar-refractivity contribution < 1.29 is 4.52 Å². The Morgan fingerprint density at radius 1 is 1.00 bits per heavy atom. The number of nitrogens with zero attached hydrogens (tertiary/aromatic N) is 2. The Hall–Kier alpha value is -0.770. The molecule has 2 fully saturated rings. The minimum Gasteiger partial charge on any atom is -0.319 e. The Morgan fingerprint density at radius 3 is 2.28 bits per heavy atom. The van der Waals surface area contributed by atoms with Gasteiger partial charge in [-0.25, -0.2) is 9.34 Å². The average molecular weight is 374 g/mol. The van der Waals surface area contributed by atoms with Gasteiger partial charge in [-0.15, -0.1) is 0 Å². The van der Waals surface area contributed by atoms with Crippen LogP contribution in [0, 0.1) is 0 Å².